The SMILES string of the molecule is CC(=O)NC(CN1CCC2(CCCC2)CC1)C(=O)O. The van der Waals surface area contributed by atoms with Crippen LogP contribution in [0.2, 0.25) is 0 Å². The van der Waals surface area contributed by atoms with E-state index in [0.29, 0.717) is 12.0 Å². The van der Waals surface area contributed by atoms with E-state index >= 15 is 0 Å². The summed E-state index contributed by atoms with van der Waals surface area (Å²) in [4.78, 5) is 24.3. The lowest BCUT2D eigenvalue weighted by atomic mass is 9.77. The molecule has 0 aromatic rings. The Bertz CT molecular complexity index is 341. The van der Waals surface area contributed by atoms with Gasteiger partial charge < -0.3 is 15.3 Å². The molecule has 5 heteroatoms. The molecule has 2 rings (SSSR count). The van der Waals surface area contributed by atoms with Crippen LogP contribution in [0.1, 0.15) is 45.4 Å². The van der Waals surface area contributed by atoms with Crippen LogP contribution in [-0.4, -0.2) is 47.6 Å². The van der Waals surface area contributed by atoms with Crippen LogP contribution in [-0.2, 0) is 9.59 Å². The first-order chi connectivity index (χ1) is 9.01. The molecule has 19 heavy (non-hydrogen) atoms. The van der Waals surface area contributed by atoms with Crippen LogP contribution in [0.4, 0.5) is 0 Å². The van der Waals surface area contributed by atoms with Crippen LogP contribution in [0.3, 0.4) is 0 Å². The molecule has 5 nitrogen and oxygen atoms in total. The van der Waals surface area contributed by atoms with Crippen molar-refractivity contribution in [1.82, 2.24) is 10.2 Å². The molecule has 1 atom stereocenters. The molecule has 1 aliphatic carbocycles. The van der Waals surface area contributed by atoms with Crippen molar-refractivity contribution in [3.63, 3.8) is 0 Å². The standard InChI is InChI=1S/C14H24N2O3/c1-11(17)15-12(13(18)19)10-16-8-6-14(7-9-16)4-2-3-5-14/h12H,2-10H2,1H3,(H,15,17)(H,18,19). The number of carboxylic acid groups (broad SMARTS) is 1. The van der Waals surface area contributed by atoms with Crippen molar-refractivity contribution in [3.05, 3.63) is 0 Å². The fourth-order valence-corrected chi connectivity index (χ4v) is 3.52. The highest BCUT2D eigenvalue weighted by Crippen LogP contribution is 2.45. The minimum Gasteiger partial charge on any atom is -0.480 e. The van der Waals surface area contributed by atoms with E-state index in [1.54, 1.807) is 0 Å². The van der Waals surface area contributed by atoms with Crippen LogP contribution < -0.4 is 5.32 Å². The first kappa shape index (κ1) is 14.3. The lowest BCUT2D eigenvalue weighted by molar-refractivity contribution is -0.142. The van der Waals surface area contributed by atoms with E-state index in [-0.39, 0.29) is 5.91 Å². The summed E-state index contributed by atoms with van der Waals surface area (Å²) >= 11 is 0. The summed E-state index contributed by atoms with van der Waals surface area (Å²) in [7, 11) is 0. The predicted octanol–water partition coefficient (Wildman–Crippen LogP) is 1.23. The fourth-order valence-electron chi connectivity index (χ4n) is 3.52. The first-order valence-corrected chi connectivity index (χ1v) is 7.23. The number of likely N-dealkylation sites (tertiary alicyclic amines) is 1. The Morgan fingerprint density at radius 2 is 1.79 bits per heavy atom. The first-order valence-electron chi connectivity index (χ1n) is 7.23. The molecule has 1 spiro atoms. The van der Waals surface area contributed by atoms with Gasteiger partial charge in [-0.05, 0) is 44.2 Å². The van der Waals surface area contributed by atoms with Crippen molar-refractivity contribution in [3.8, 4) is 0 Å². The molecule has 0 bridgehead atoms. The van der Waals surface area contributed by atoms with Gasteiger partial charge in [0.15, 0.2) is 0 Å². The molecule has 1 heterocycles. The summed E-state index contributed by atoms with van der Waals surface area (Å²) in [6.45, 7) is 3.71. The Morgan fingerprint density at radius 3 is 2.26 bits per heavy atom. The van der Waals surface area contributed by atoms with Gasteiger partial charge in [0.2, 0.25) is 5.91 Å². The highest BCUT2D eigenvalue weighted by molar-refractivity contribution is 5.82. The predicted molar refractivity (Wildman–Crippen MR) is 71.8 cm³/mol. The van der Waals surface area contributed by atoms with Crippen molar-refractivity contribution in [2.75, 3.05) is 19.6 Å². The minimum absolute atomic E-state index is 0.281. The molecule has 2 aliphatic rings. The second kappa shape index (κ2) is 5.90. The monoisotopic (exact) mass is 268 g/mol. The Morgan fingerprint density at radius 1 is 1.21 bits per heavy atom. The Hall–Kier alpha value is -1.10. The molecule has 1 unspecified atom stereocenters. The van der Waals surface area contributed by atoms with Gasteiger partial charge in [0.1, 0.15) is 6.04 Å². The number of amides is 1. The maximum absolute atomic E-state index is 11.1. The van der Waals surface area contributed by atoms with Gasteiger partial charge in [0.25, 0.3) is 0 Å². The van der Waals surface area contributed by atoms with Gasteiger partial charge in [-0.2, -0.15) is 0 Å². The molecular formula is C14H24N2O3. The van der Waals surface area contributed by atoms with Crippen molar-refractivity contribution >= 4 is 11.9 Å². The fraction of sp³-hybridized carbons (Fsp3) is 0.857. The van der Waals surface area contributed by atoms with Gasteiger partial charge in [-0.15, -0.1) is 0 Å². The van der Waals surface area contributed by atoms with E-state index in [1.807, 2.05) is 0 Å². The van der Waals surface area contributed by atoms with E-state index in [4.69, 9.17) is 5.11 Å². The van der Waals surface area contributed by atoms with Crippen LogP contribution in [0.15, 0.2) is 0 Å². The number of rotatable bonds is 4. The molecule has 2 fully saturated rings. The summed E-state index contributed by atoms with van der Waals surface area (Å²) in [6, 6.07) is -0.782. The molecule has 1 saturated heterocycles. The third kappa shape index (κ3) is 3.69. The third-order valence-corrected chi connectivity index (χ3v) is 4.70. The average Bonchev–Trinajstić information content (AvgIpc) is 2.79. The maximum Gasteiger partial charge on any atom is 0.327 e. The second-order valence-corrected chi connectivity index (χ2v) is 6.10. The second-order valence-electron chi connectivity index (χ2n) is 6.10. The van der Waals surface area contributed by atoms with E-state index in [1.165, 1.54) is 45.4 Å². The van der Waals surface area contributed by atoms with Crippen LogP contribution in [0.25, 0.3) is 0 Å². The van der Waals surface area contributed by atoms with Crippen molar-refractivity contribution < 1.29 is 14.7 Å². The number of piperidine rings is 1. The van der Waals surface area contributed by atoms with Crippen molar-refractivity contribution in [1.29, 1.82) is 0 Å². The molecular weight excluding hydrogens is 244 g/mol. The lowest BCUT2D eigenvalue weighted by Crippen LogP contribution is -2.50. The van der Waals surface area contributed by atoms with Crippen LogP contribution >= 0.6 is 0 Å². The number of carbonyl (C=O) groups is 2. The van der Waals surface area contributed by atoms with E-state index < -0.39 is 12.0 Å². The Balaban J connectivity index is 1.83. The van der Waals surface area contributed by atoms with Crippen LogP contribution in [0, 0.1) is 5.41 Å². The number of nitrogens with zero attached hydrogens (tertiary/aromatic N) is 1. The largest absolute Gasteiger partial charge is 0.480 e. The van der Waals surface area contributed by atoms with Gasteiger partial charge in [0.05, 0.1) is 0 Å². The molecule has 2 N–H and O–H groups in total. The smallest absolute Gasteiger partial charge is 0.327 e. The Kier molecular flexibility index (Phi) is 4.45. The summed E-state index contributed by atoms with van der Waals surface area (Å²) in [5.41, 5.74) is 0.545. The zero-order valence-corrected chi connectivity index (χ0v) is 11.7. The molecule has 0 aromatic carbocycles. The summed E-state index contributed by atoms with van der Waals surface area (Å²) in [5.74, 6) is -1.23. The van der Waals surface area contributed by atoms with Crippen molar-refractivity contribution in [2.24, 2.45) is 5.41 Å². The highest BCUT2D eigenvalue weighted by Gasteiger charge is 2.37. The van der Waals surface area contributed by atoms with Gasteiger partial charge in [-0.25, -0.2) is 4.79 Å². The van der Waals surface area contributed by atoms with Crippen molar-refractivity contribution in [2.45, 2.75) is 51.5 Å². The average molecular weight is 268 g/mol. The number of hydrogen-bond donors (Lipinski definition) is 2. The topological polar surface area (TPSA) is 69.6 Å². The summed E-state index contributed by atoms with van der Waals surface area (Å²) in [5, 5.41) is 11.6. The summed E-state index contributed by atoms with van der Waals surface area (Å²) < 4.78 is 0. The van der Waals surface area contributed by atoms with Gasteiger partial charge in [-0.3, -0.25) is 4.79 Å². The van der Waals surface area contributed by atoms with E-state index in [2.05, 4.69) is 10.2 Å². The molecule has 1 amide bonds. The lowest BCUT2D eigenvalue weighted by Gasteiger charge is -2.40. The Labute approximate surface area is 114 Å². The number of hydrogen-bond acceptors (Lipinski definition) is 3. The zero-order valence-electron chi connectivity index (χ0n) is 11.7. The molecule has 1 saturated carbocycles. The quantitative estimate of drug-likeness (QED) is 0.804. The number of carboxylic acids is 1. The third-order valence-electron chi connectivity index (χ3n) is 4.70. The number of aliphatic carboxylic acids is 1. The zero-order chi connectivity index (χ0) is 13.9. The number of nitrogens with one attached hydrogen (secondary N) is 1. The highest BCUT2D eigenvalue weighted by atomic mass is 16.4. The molecule has 108 valence electrons. The molecule has 0 aromatic heterocycles. The maximum atomic E-state index is 11.1. The summed E-state index contributed by atoms with van der Waals surface area (Å²) in [6.07, 6.45) is 7.75. The minimum atomic E-state index is -0.948. The van der Waals surface area contributed by atoms with Crippen LogP contribution in [0.5, 0.6) is 0 Å². The normalized spacial score (nSPS) is 24.3. The number of carbonyl (C=O) groups excluding carboxylic acids is 1. The van der Waals surface area contributed by atoms with Gasteiger partial charge in [-0.1, -0.05) is 12.8 Å². The molecule has 1 aliphatic heterocycles. The van der Waals surface area contributed by atoms with Gasteiger partial charge >= 0.3 is 5.97 Å². The van der Waals surface area contributed by atoms with E-state index in [0.717, 1.165) is 13.1 Å². The molecule has 0 radical (unpaired) electrons. The van der Waals surface area contributed by atoms with Gasteiger partial charge in [0, 0.05) is 13.5 Å². The van der Waals surface area contributed by atoms with E-state index in [9.17, 15) is 9.59 Å².